The first-order valence-electron chi connectivity index (χ1n) is 9.57. The number of nitrogens with zero attached hydrogens (tertiary/aromatic N) is 5. The van der Waals surface area contributed by atoms with E-state index in [4.69, 9.17) is 0 Å². The van der Waals surface area contributed by atoms with Crippen molar-refractivity contribution in [3.63, 3.8) is 0 Å². The van der Waals surface area contributed by atoms with Gasteiger partial charge in [-0.05, 0) is 49.6 Å². The Labute approximate surface area is 168 Å². The number of aromatic nitrogens is 4. The first-order valence-corrected chi connectivity index (χ1v) is 9.57. The predicted octanol–water partition coefficient (Wildman–Crippen LogP) is 3.32. The molecule has 2 aromatic heterocycles. The maximum absolute atomic E-state index is 13.8. The average molecular weight is 394 g/mol. The van der Waals surface area contributed by atoms with Gasteiger partial charge < -0.3 is 10.2 Å². The zero-order valence-electron chi connectivity index (χ0n) is 16.7. The summed E-state index contributed by atoms with van der Waals surface area (Å²) in [7, 11) is 0. The van der Waals surface area contributed by atoms with Crippen molar-refractivity contribution in [2.75, 3.05) is 11.9 Å². The van der Waals surface area contributed by atoms with Gasteiger partial charge in [-0.3, -0.25) is 9.78 Å². The largest absolute Gasteiger partial charge is 0.362 e. The Balaban J connectivity index is 1.65. The second-order valence-electron chi connectivity index (χ2n) is 7.37. The van der Waals surface area contributed by atoms with Crippen molar-refractivity contribution < 1.29 is 9.18 Å². The van der Waals surface area contributed by atoms with Crippen LogP contribution in [0.1, 0.15) is 41.9 Å². The minimum absolute atomic E-state index is 0.0211. The zero-order chi connectivity index (χ0) is 20.5. The van der Waals surface area contributed by atoms with Gasteiger partial charge in [-0.1, -0.05) is 6.07 Å². The lowest BCUT2D eigenvalue weighted by molar-refractivity contribution is -0.129. The van der Waals surface area contributed by atoms with Crippen LogP contribution in [-0.2, 0) is 11.3 Å². The number of nitrogens with one attached hydrogen (secondary N) is 1. The van der Waals surface area contributed by atoms with E-state index in [1.165, 1.54) is 19.1 Å². The highest BCUT2D eigenvalue weighted by atomic mass is 19.1. The zero-order valence-corrected chi connectivity index (χ0v) is 16.7. The number of benzene rings is 1. The van der Waals surface area contributed by atoms with Crippen LogP contribution < -0.4 is 5.32 Å². The maximum Gasteiger partial charge on any atom is 0.219 e. The highest BCUT2D eigenvalue weighted by Crippen LogP contribution is 2.30. The highest BCUT2D eigenvalue weighted by Gasteiger charge is 2.24. The van der Waals surface area contributed by atoms with E-state index in [2.05, 4.69) is 20.4 Å². The quantitative estimate of drug-likeness (QED) is 0.738. The van der Waals surface area contributed by atoms with Crippen LogP contribution in [0.5, 0.6) is 0 Å². The number of hydrogen-bond acceptors (Lipinski definition) is 5. The molecule has 1 amide bonds. The van der Waals surface area contributed by atoms with Crippen molar-refractivity contribution >= 4 is 11.7 Å². The highest BCUT2D eigenvalue weighted by molar-refractivity contribution is 5.73. The predicted molar refractivity (Wildman–Crippen MR) is 107 cm³/mol. The number of rotatable bonds is 3. The molecular formula is C21H23FN6O. The van der Waals surface area contributed by atoms with Gasteiger partial charge in [0.15, 0.2) is 5.82 Å². The van der Waals surface area contributed by atoms with Crippen molar-refractivity contribution in [1.82, 2.24) is 24.6 Å². The van der Waals surface area contributed by atoms with Crippen molar-refractivity contribution in [2.24, 2.45) is 0 Å². The third kappa shape index (κ3) is 3.96. The monoisotopic (exact) mass is 394 g/mol. The third-order valence-electron chi connectivity index (χ3n) is 5.15. The number of carbonyl (C=O) groups is 1. The molecule has 0 bridgehead atoms. The molecule has 0 fully saturated rings. The molecule has 29 heavy (non-hydrogen) atoms. The van der Waals surface area contributed by atoms with Crippen molar-refractivity contribution in [3.05, 3.63) is 65.0 Å². The molecule has 1 aliphatic rings. The summed E-state index contributed by atoms with van der Waals surface area (Å²) in [5.74, 6) is 0.900. The Bertz CT molecular complexity index is 1060. The number of hydrogen-bond donors (Lipinski definition) is 1. The van der Waals surface area contributed by atoms with Gasteiger partial charge in [0.05, 0.1) is 24.1 Å². The molecule has 7 nitrogen and oxygen atoms in total. The summed E-state index contributed by atoms with van der Waals surface area (Å²) >= 11 is 0. The lowest BCUT2D eigenvalue weighted by Crippen LogP contribution is -2.28. The molecule has 1 atom stereocenters. The standard InChI is InChI=1S/C21H23FN6O/c1-13-8-14(2)28(26-13)21-11-23-10-20(25-21)24-19-6-7-27(15(3)29)12-16-9-17(22)4-5-18(16)19/h4-5,8-11,19H,6-7,12H2,1-3H3,(H,24,25). The van der Waals surface area contributed by atoms with E-state index in [1.54, 1.807) is 28.0 Å². The maximum atomic E-state index is 13.8. The summed E-state index contributed by atoms with van der Waals surface area (Å²) in [6.07, 6.45) is 4.01. The van der Waals surface area contributed by atoms with Crippen LogP contribution in [0, 0.1) is 19.7 Å². The minimum Gasteiger partial charge on any atom is -0.362 e. The van der Waals surface area contributed by atoms with Gasteiger partial charge in [0.2, 0.25) is 5.91 Å². The summed E-state index contributed by atoms with van der Waals surface area (Å²) < 4.78 is 15.6. The number of amides is 1. The van der Waals surface area contributed by atoms with E-state index < -0.39 is 0 Å². The Morgan fingerprint density at radius 3 is 2.79 bits per heavy atom. The van der Waals surface area contributed by atoms with Crippen LogP contribution in [0.2, 0.25) is 0 Å². The summed E-state index contributed by atoms with van der Waals surface area (Å²) in [6, 6.07) is 6.61. The van der Waals surface area contributed by atoms with Crippen LogP contribution in [0.25, 0.3) is 5.82 Å². The Kier molecular flexibility index (Phi) is 5.00. The molecule has 4 rings (SSSR count). The summed E-state index contributed by atoms with van der Waals surface area (Å²) in [4.78, 5) is 22.6. The number of anilines is 1. The summed E-state index contributed by atoms with van der Waals surface area (Å²) in [5.41, 5.74) is 3.65. The molecule has 0 aliphatic carbocycles. The molecule has 3 aromatic rings. The Morgan fingerprint density at radius 1 is 1.24 bits per heavy atom. The second kappa shape index (κ2) is 7.62. The lowest BCUT2D eigenvalue weighted by Gasteiger charge is -2.20. The first kappa shape index (κ1) is 19.0. The Morgan fingerprint density at radius 2 is 2.07 bits per heavy atom. The van der Waals surface area contributed by atoms with Gasteiger partial charge in [-0.2, -0.15) is 5.10 Å². The first-order chi connectivity index (χ1) is 13.9. The van der Waals surface area contributed by atoms with Crippen molar-refractivity contribution in [1.29, 1.82) is 0 Å². The molecule has 0 saturated carbocycles. The molecule has 0 radical (unpaired) electrons. The van der Waals surface area contributed by atoms with E-state index in [0.717, 1.165) is 22.5 Å². The summed E-state index contributed by atoms with van der Waals surface area (Å²) in [6.45, 7) is 6.41. The molecule has 0 spiro atoms. The second-order valence-corrected chi connectivity index (χ2v) is 7.37. The minimum atomic E-state index is -0.306. The lowest BCUT2D eigenvalue weighted by atomic mass is 9.99. The molecule has 3 heterocycles. The fourth-order valence-corrected chi connectivity index (χ4v) is 3.76. The third-order valence-corrected chi connectivity index (χ3v) is 5.15. The number of halogens is 1. The van der Waals surface area contributed by atoms with E-state index in [0.29, 0.717) is 31.1 Å². The van der Waals surface area contributed by atoms with Crippen LogP contribution in [0.15, 0.2) is 36.7 Å². The van der Waals surface area contributed by atoms with Gasteiger partial charge >= 0.3 is 0 Å². The number of fused-ring (bicyclic) bond motifs is 1. The fraction of sp³-hybridized carbons (Fsp3) is 0.333. The van der Waals surface area contributed by atoms with Crippen LogP contribution in [0.3, 0.4) is 0 Å². The van der Waals surface area contributed by atoms with Gasteiger partial charge in [0.1, 0.15) is 11.6 Å². The normalized spacial score (nSPS) is 16.3. The molecule has 1 N–H and O–H groups in total. The molecule has 8 heteroatoms. The molecule has 1 aromatic carbocycles. The fourth-order valence-electron chi connectivity index (χ4n) is 3.76. The van der Waals surface area contributed by atoms with Gasteiger partial charge in [-0.15, -0.1) is 0 Å². The van der Waals surface area contributed by atoms with Gasteiger partial charge in [0, 0.05) is 25.7 Å². The van der Waals surface area contributed by atoms with Crippen molar-refractivity contribution in [3.8, 4) is 5.82 Å². The molecule has 1 aliphatic heterocycles. The molecular weight excluding hydrogens is 371 g/mol. The Hall–Kier alpha value is -3.29. The van der Waals surface area contributed by atoms with Crippen molar-refractivity contribution in [2.45, 2.75) is 39.8 Å². The molecule has 1 unspecified atom stereocenters. The molecule has 150 valence electrons. The van der Waals surface area contributed by atoms with E-state index in [1.807, 2.05) is 19.9 Å². The topological polar surface area (TPSA) is 75.9 Å². The molecule has 0 saturated heterocycles. The van der Waals surface area contributed by atoms with E-state index in [-0.39, 0.29) is 17.8 Å². The van der Waals surface area contributed by atoms with Crippen LogP contribution >= 0.6 is 0 Å². The van der Waals surface area contributed by atoms with E-state index >= 15 is 0 Å². The number of carbonyl (C=O) groups excluding carboxylic acids is 1. The van der Waals surface area contributed by atoms with Gasteiger partial charge in [0.25, 0.3) is 0 Å². The van der Waals surface area contributed by atoms with Crippen LogP contribution in [0.4, 0.5) is 10.2 Å². The smallest absolute Gasteiger partial charge is 0.219 e. The average Bonchev–Trinajstić information content (AvgIpc) is 2.91. The van der Waals surface area contributed by atoms with Gasteiger partial charge in [-0.25, -0.2) is 14.1 Å². The van der Waals surface area contributed by atoms with E-state index in [9.17, 15) is 9.18 Å². The SMILES string of the molecule is CC(=O)N1CCC(Nc2cncc(-n3nc(C)cc3C)n2)c2ccc(F)cc2C1. The number of aryl methyl sites for hydroxylation is 2. The van der Waals surface area contributed by atoms with Crippen LogP contribution in [-0.4, -0.2) is 37.1 Å². The summed E-state index contributed by atoms with van der Waals surface area (Å²) in [5, 5.41) is 7.88.